The predicted molar refractivity (Wildman–Crippen MR) is 97.8 cm³/mol. The van der Waals surface area contributed by atoms with E-state index in [1.54, 1.807) is 32.4 Å². The Balaban J connectivity index is 1.79. The number of hydrogen-bond acceptors (Lipinski definition) is 6. The molecule has 0 aliphatic heterocycles. The molecule has 0 N–H and O–H groups in total. The zero-order valence-corrected chi connectivity index (χ0v) is 15.1. The molecule has 0 bridgehead atoms. The van der Waals surface area contributed by atoms with Crippen molar-refractivity contribution in [3.63, 3.8) is 0 Å². The Hall–Kier alpha value is -2.99. The fraction of sp³-hybridized carbons (Fsp3) is 0.158. The lowest BCUT2D eigenvalue weighted by molar-refractivity contribution is 0.405. The van der Waals surface area contributed by atoms with E-state index >= 15 is 0 Å². The van der Waals surface area contributed by atoms with Crippen LogP contribution in [0.3, 0.4) is 0 Å². The average molecular weight is 371 g/mol. The molecule has 0 atom stereocenters. The number of fused-ring (bicyclic) bond motifs is 1. The summed E-state index contributed by atoms with van der Waals surface area (Å²) >= 11 is 6.00. The fourth-order valence-corrected chi connectivity index (χ4v) is 2.97. The molecule has 2 aromatic carbocycles. The Morgan fingerprint density at radius 2 is 1.88 bits per heavy atom. The summed E-state index contributed by atoms with van der Waals surface area (Å²) in [6.07, 6.45) is 0. The lowest BCUT2D eigenvalue weighted by Gasteiger charge is -2.04. The number of methoxy groups -OCH3 is 2. The van der Waals surface area contributed by atoms with Crippen LogP contribution in [0.2, 0.25) is 5.02 Å². The number of aromatic nitrogens is 2. The Labute approximate surface area is 154 Å². The molecule has 2 heterocycles. The van der Waals surface area contributed by atoms with Crippen molar-refractivity contribution in [1.29, 1.82) is 0 Å². The molecule has 0 amide bonds. The lowest BCUT2D eigenvalue weighted by Crippen LogP contribution is -1.88. The van der Waals surface area contributed by atoms with Gasteiger partial charge in [0.25, 0.3) is 5.89 Å². The van der Waals surface area contributed by atoms with Crippen LogP contribution in [-0.4, -0.2) is 24.4 Å². The van der Waals surface area contributed by atoms with Crippen LogP contribution < -0.4 is 9.47 Å². The summed E-state index contributed by atoms with van der Waals surface area (Å²) in [6, 6.07) is 10.8. The third-order valence-corrected chi connectivity index (χ3v) is 4.40. The number of benzene rings is 2. The number of rotatable bonds is 4. The molecule has 4 rings (SSSR count). The first-order valence-electron chi connectivity index (χ1n) is 7.86. The van der Waals surface area contributed by atoms with Crippen molar-refractivity contribution in [3.05, 3.63) is 47.0 Å². The Kier molecular flexibility index (Phi) is 4.05. The van der Waals surface area contributed by atoms with E-state index in [1.165, 1.54) is 0 Å². The Morgan fingerprint density at radius 1 is 1.04 bits per heavy atom. The maximum atomic E-state index is 6.00. The van der Waals surface area contributed by atoms with Crippen LogP contribution in [0.25, 0.3) is 34.0 Å². The van der Waals surface area contributed by atoms with Crippen molar-refractivity contribution in [2.45, 2.75) is 6.92 Å². The van der Waals surface area contributed by atoms with E-state index in [4.69, 9.17) is 30.0 Å². The number of halogens is 1. The highest BCUT2D eigenvalue weighted by atomic mass is 35.5. The Morgan fingerprint density at radius 3 is 2.65 bits per heavy atom. The van der Waals surface area contributed by atoms with Gasteiger partial charge in [0.2, 0.25) is 5.82 Å². The smallest absolute Gasteiger partial charge is 0.262 e. The van der Waals surface area contributed by atoms with Gasteiger partial charge in [0.1, 0.15) is 17.1 Å². The second-order valence-corrected chi connectivity index (χ2v) is 6.12. The third kappa shape index (κ3) is 2.68. The predicted octanol–water partition coefficient (Wildman–Crippen LogP) is 5.13. The van der Waals surface area contributed by atoms with Gasteiger partial charge in [-0.2, -0.15) is 4.98 Å². The normalized spacial score (nSPS) is 11.1. The Bertz CT molecular complexity index is 1100. The van der Waals surface area contributed by atoms with Crippen molar-refractivity contribution < 1.29 is 18.4 Å². The largest absolute Gasteiger partial charge is 0.497 e. The molecule has 0 saturated carbocycles. The topological polar surface area (TPSA) is 70.5 Å². The molecular weight excluding hydrogens is 356 g/mol. The summed E-state index contributed by atoms with van der Waals surface area (Å²) in [4.78, 5) is 4.46. The number of aryl methyl sites for hydroxylation is 1. The summed E-state index contributed by atoms with van der Waals surface area (Å²) in [5.74, 6) is 2.55. The highest BCUT2D eigenvalue weighted by Gasteiger charge is 2.20. The molecule has 6 nitrogen and oxygen atoms in total. The number of ether oxygens (including phenoxy) is 2. The van der Waals surface area contributed by atoms with Crippen LogP contribution in [0.5, 0.6) is 11.5 Å². The van der Waals surface area contributed by atoms with Crippen LogP contribution in [0.15, 0.2) is 45.3 Å². The van der Waals surface area contributed by atoms with E-state index in [0.29, 0.717) is 33.8 Å². The van der Waals surface area contributed by atoms with Crippen LogP contribution in [-0.2, 0) is 0 Å². The van der Waals surface area contributed by atoms with Crippen LogP contribution in [0.4, 0.5) is 0 Å². The molecule has 4 aromatic rings. The standard InChI is InChI=1S/C19H15ClN2O4/c1-10-14-9-12(23-2)5-7-15(14)25-17(10)18-21-19(26-22-18)13-6-4-11(20)8-16(13)24-3/h4-9H,1-3H3. The van der Waals surface area contributed by atoms with Crippen molar-refractivity contribution >= 4 is 22.6 Å². The summed E-state index contributed by atoms with van der Waals surface area (Å²) < 4.78 is 21.9. The molecule has 2 aromatic heterocycles. The summed E-state index contributed by atoms with van der Waals surface area (Å²) in [6.45, 7) is 1.94. The van der Waals surface area contributed by atoms with Crippen molar-refractivity contribution in [2.75, 3.05) is 14.2 Å². The molecule has 0 aliphatic carbocycles. The van der Waals surface area contributed by atoms with Gasteiger partial charge in [0, 0.05) is 16.0 Å². The second kappa shape index (κ2) is 6.38. The van der Waals surface area contributed by atoms with Crippen LogP contribution in [0.1, 0.15) is 5.56 Å². The van der Waals surface area contributed by atoms with Crippen LogP contribution in [0, 0.1) is 6.92 Å². The van der Waals surface area contributed by atoms with Crippen molar-refractivity contribution in [1.82, 2.24) is 10.1 Å². The zero-order chi connectivity index (χ0) is 18.3. The minimum Gasteiger partial charge on any atom is -0.497 e. The van der Waals surface area contributed by atoms with E-state index < -0.39 is 0 Å². The SMILES string of the molecule is COc1ccc2oc(-c3noc(-c4ccc(Cl)cc4OC)n3)c(C)c2c1. The first kappa shape index (κ1) is 16.5. The van der Waals surface area contributed by atoms with E-state index in [9.17, 15) is 0 Å². The van der Waals surface area contributed by atoms with E-state index in [2.05, 4.69) is 10.1 Å². The molecule has 7 heteroatoms. The van der Waals surface area contributed by atoms with E-state index in [1.807, 2.05) is 25.1 Å². The molecule has 26 heavy (non-hydrogen) atoms. The van der Waals surface area contributed by atoms with Crippen LogP contribution >= 0.6 is 11.6 Å². The minimum atomic E-state index is 0.325. The van der Waals surface area contributed by atoms with Gasteiger partial charge in [-0.15, -0.1) is 0 Å². The number of nitrogens with zero attached hydrogens (tertiary/aromatic N) is 2. The van der Waals surface area contributed by atoms with Gasteiger partial charge in [-0.3, -0.25) is 0 Å². The summed E-state index contributed by atoms with van der Waals surface area (Å²) in [7, 11) is 3.19. The van der Waals surface area contributed by atoms with Gasteiger partial charge in [-0.1, -0.05) is 16.8 Å². The second-order valence-electron chi connectivity index (χ2n) is 5.69. The lowest BCUT2D eigenvalue weighted by atomic mass is 10.1. The summed E-state index contributed by atoms with van der Waals surface area (Å²) in [5.41, 5.74) is 2.30. The average Bonchev–Trinajstić information content (AvgIpc) is 3.26. The monoisotopic (exact) mass is 370 g/mol. The van der Waals surface area contributed by atoms with E-state index in [-0.39, 0.29) is 0 Å². The fourth-order valence-electron chi connectivity index (χ4n) is 2.81. The van der Waals surface area contributed by atoms with Gasteiger partial charge in [0.15, 0.2) is 5.76 Å². The maximum absolute atomic E-state index is 6.00. The van der Waals surface area contributed by atoms with Gasteiger partial charge in [-0.05, 0) is 43.3 Å². The molecule has 0 unspecified atom stereocenters. The third-order valence-electron chi connectivity index (χ3n) is 4.17. The maximum Gasteiger partial charge on any atom is 0.262 e. The number of furan rings is 1. The molecule has 0 saturated heterocycles. The molecule has 0 spiro atoms. The zero-order valence-electron chi connectivity index (χ0n) is 14.4. The first-order valence-corrected chi connectivity index (χ1v) is 8.23. The van der Waals surface area contributed by atoms with Gasteiger partial charge in [0.05, 0.1) is 19.8 Å². The quantitative estimate of drug-likeness (QED) is 0.496. The van der Waals surface area contributed by atoms with Gasteiger partial charge in [-0.25, -0.2) is 0 Å². The van der Waals surface area contributed by atoms with Crippen molar-refractivity contribution in [2.24, 2.45) is 0 Å². The van der Waals surface area contributed by atoms with Gasteiger partial charge < -0.3 is 18.4 Å². The van der Waals surface area contributed by atoms with Crippen molar-refractivity contribution in [3.8, 4) is 34.5 Å². The van der Waals surface area contributed by atoms with E-state index in [0.717, 1.165) is 22.3 Å². The highest BCUT2D eigenvalue weighted by molar-refractivity contribution is 6.30. The van der Waals surface area contributed by atoms with Gasteiger partial charge >= 0.3 is 0 Å². The minimum absolute atomic E-state index is 0.325. The number of hydrogen-bond donors (Lipinski definition) is 0. The highest BCUT2D eigenvalue weighted by Crippen LogP contribution is 2.36. The molecule has 132 valence electrons. The first-order chi connectivity index (χ1) is 12.6. The molecular formula is C19H15ClN2O4. The molecule has 0 radical (unpaired) electrons. The summed E-state index contributed by atoms with van der Waals surface area (Å²) in [5, 5.41) is 5.56. The molecule has 0 fully saturated rings. The molecule has 0 aliphatic rings.